The highest BCUT2D eigenvalue weighted by molar-refractivity contribution is 8.53. The lowest BCUT2D eigenvalue weighted by Crippen LogP contribution is -2.55. The van der Waals surface area contributed by atoms with E-state index in [4.69, 9.17) is 33.9 Å². The van der Waals surface area contributed by atoms with Crippen LogP contribution in [0.3, 0.4) is 0 Å². The molecule has 0 saturated carbocycles. The first-order chi connectivity index (χ1) is 30.2. The molecule has 2 aliphatic rings. The molecule has 0 bridgehead atoms. The molecule has 2 aromatic heterocycles. The number of rotatable bonds is 18. The standard InChI is InChI=1S/C46H51N6O7PS2/c1-44(29-58-46(34-15-9-6-10-16-34,35-17-21-37(54-2)22-18-35)36-19-23-38(55-3)24-20-36)43(45(56-4,30-57-44)52-32-50-39-40(47)48-31-49-41(39)52)59-60(51-25-11-12-26-51)62-28-27-61-42(53)33-13-7-5-8-14-33/h5-10,13-24,31-32,43H,11-12,25-30H2,1-4H3,(H2,47,48,49)/t43-,44+,45-,60?/m0/s1. The largest absolute Gasteiger partial charge is 0.497 e. The number of anilines is 1. The van der Waals surface area contributed by atoms with Gasteiger partial charge in [-0.25, -0.2) is 15.0 Å². The summed E-state index contributed by atoms with van der Waals surface area (Å²) in [7, 11) is 3.67. The summed E-state index contributed by atoms with van der Waals surface area (Å²) in [5.41, 5.74) is 7.14. The molecule has 13 nitrogen and oxygen atoms in total. The van der Waals surface area contributed by atoms with Crippen LogP contribution in [0.5, 0.6) is 11.5 Å². The van der Waals surface area contributed by atoms with Crippen molar-refractivity contribution in [2.24, 2.45) is 0 Å². The van der Waals surface area contributed by atoms with Crippen LogP contribution in [0, 0.1) is 0 Å². The number of hydrogen-bond acceptors (Lipinski definition) is 14. The molecule has 4 heterocycles. The number of carbonyl (C=O) groups excluding carboxylic acids is 1. The van der Waals surface area contributed by atoms with E-state index in [0.29, 0.717) is 28.2 Å². The molecule has 0 amide bonds. The molecular formula is C46H51N6O7PS2. The van der Waals surface area contributed by atoms with Gasteiger partial charge in [0.05, 0.1) is 33.8 Å². The summed E-state index contributed by atoms with van der Waals surface area (Å²) in [4.78, 5) is 26.5. The van der Waals surface area contributed by atoms with Crippen molar-refractivity contribution in [3.63, 3.8) is 0 Å². The Morgan fingerprint density at radius 3 is 2.06 bits per heavy atom. The third kappa shape index (κ3) is 8.69. The van der Waals surface area contributed by atoms with Crippen molar-refractivity contribution in [1.29, 1.82) is 0 Å². The number of imidazole rings is 1. The number of thioether (sulfide) groups is 1. The first-order valence-electron chi connectivity index (χ1n) is 20.4. The smallest absolute Gasteiger partial charge is 0.219 e. The average Bonchev–Trinajstić information content (AvgIpc) is 4.09. The van der Waals surface area contributed by atoms with Gasteiger partial charge in [0.1, 0.15) is 40.6 Å². The van der Waals surface area contributed by atoms with Crippen LogP contribution >= 0.6 is 30.6 Å². The molecule has 6 aromatic rings. The number of benzene rings is 4. The molecule has 2 fully saturated rings. The van der Waals surface area contributed by atoms with E-state index in [1.807, 2.05) is 109 Å². The first-order valence-corrected chi connectivity index (χ1v) is 24.2. The topological polar surface area (TPSA) is 145 Å². The van der Waals surface area contributed by atoms with Crippen LogP contribution in [-0.4, -0.2) is 100 Å². The molecule has 2 N–H and O–H groups in total. The third-order valence-corrected chi connectivity index (χ3v) is 16.7. The molecule has 2 saturated heterocycles. The van der Waals surface area contributed by atoms with Gasteiger partial charge in [-0.15, -0.1) is 0 Å². The number of carbonyl (C=O) groups is 1. The van der Waals surface area contributed by atoms with Gasteiger partial charge in [0, 0.05) is 37.3 Å². The minimum absolute atomic E-state index is 0.0498. The van der Waals surface area contributed by atoms with Gasteiger partial charge >= 0.3 is 0 Å². The summed E-state index contributed by atoms with van der Waals surface area (Å²) in [6.45, 7) is 3.95. The summed E-state index contributed by atoms with van der Waals surface area (Å²) in [5, 5.41) is 0.0498. The molecule has 0 spiro atoms. The summed E-state index contributed by atoms with van der Waals surface area (Å²) < 4.78 is 44.2. The van der Waals surface area contributed by atoms with Crippen molar-refractivity contribution in [3.05, 3.63) is 144 Å². The fourth-order valence-corrected chi connectivity index (χ4v) is 13.5. The lowest BCUT2D eigenvalue weighted by molar-refractivity contribution is -0.147. The van der Waals surface area contributed by atoms with E-state index >= 15 is 0 Å². The second-order valence-corrected chi connectivity index (χ2v) is 19.9. The van der Waals surface area contributed by atoms with Crippen LogP contribution in [0.4, 0.5) is 5.82 Å². The van der Waals surface area contributed by atoms with Gasteiger partial charge in [-0.3, -0.25) is 14.0 Å². The molecule has 16 heteroatoms. The maximum atomic E-state index is 13.1. The van der Waals surface area contributed by atoms with Crippen molar-refractivity contribution in [1.82, 2.24) is 24.2 Å². The lowest BCUT2D eigenvalue weighted by Gasteiger charge is -2.43. The van der Waals surface area contributed by atoms with Crippen LogP contribution in [0.2, 0.25) is 0 Å². The van der Waals surface area contributed by atoms with E-state index in [1.165, 1.54) is 18.1 Å². The number of aromatic nitrogens is 4. The summed E-state index contributed by atoms with van der Waals surface area (Å²) in [5.74, 6) is 3.02. The lowest BCUT2D eigenvalue weighted by atomic mass is 9.79. The van der Waals surface area contributed by atoms with Crippen molar-refractivity contribution in [2.75, 3.05) is 64.9 Å². The zero-order valence-corrected chi connectivity index (χ0v) is 37.7. The van der Waals surface area contributed by atoms with Crippen LogP contribution in [0.25, 0.3) is 11.2 Å². The quantitative estimate of drug-likeness (QED) is 0.0500. The number of fused-ring (bicyclic) bond motifs is 1. The van der Waals surface area contributed by atoms with Gasteiger partial charge in [0.15, 0.2) is 24.7 Å². The van der Waals surface area contributed by atoms with Gasteiger partial charge in [-0.05, 0) is 60.7 Å². The predicted molar refractivity (Wildman–Crippen MR) is 246 cm³/mol. The average molecular weight is 895 g/mol. The highest BCUT2D eigenvalue weighted by Crippen LogP contribution is 2.60. The normalized spacial score (nSPS) is 21.0. The zero-order chi connectivity index (χ0) is 43.2. The number of nitrogens with two attached hydrogens (primary N) is 1. The Bertz CT molecular complexity index is 2360. The minimum Gasteiger partial charge on any atom is -0.497 e. The number of nitrogens with zero attached hydrogens (tertiary/aromatic N) is 5. The summed E-state index contributed by atoms with van der Waals surface area (Å²) >= 11 is 3.05. The Morgan fingerprint density at radius 1 is 0.839 bits per heavy atom. The molecule has 62 heavy (non-hydrogen) atoms. The first kappa shape index (κ1) is 44.1. The molecule has 324 valence electrons. The molecule has 0 aliphatic carbocycles. The van der Waals surface area contributed by atoms with Gasteiger partial charge in [-0.1, -0.05) is 108 Å². The maximum absolute atomic E-state index is 13.1. The van der Waals surface area contributed by atoms with E-state index in [0.717, 1.165) is 54.1 Å². The predicted octanol–water partition coefficient (Wildman–Crippen LogP) is 8.54. The van der Waals surface area contributed by atoms with Gasteiger partial charge in [0.2, 0.25) is 5.12 Å². The van der Waals surface area contributed by atoms with Crippen molar-refractivity contribution in [2.45, 2.75) is 42.8 Å². The second kappa shape index (κ2) is 19.4. The van der Waals surface area contributed by atoms with E-state index in [2.05, 4.69) is 31.8 Å². The number of nitrogen functional groups attached to an aromatic ring is 1. The summed E-state index contributed by atoms with van der Waals surface area (Å²) in [6.07, 6.45) is 4.45. The van der Waals surface area contributed by atoms with Gasteiger partial charge in [-0.2, -0.15) is 0 Å². The molecule has 1 unspecified atom stereocenters. The molecule has 2 aliphatic heterocycles. The van der Waals surface area contributed by atoms with Crippen molar-refractivity contribution < 1.29 is 33.0 Å². The fourth-order valence-electron chi connectivity index (χ4n) is 8.16. The van der Waals surface area contributed by atoms with Crippen molar-refractivity contribution >= 4 is 52.7 Å². The molecular weight excluding hydrogens is 844 g/mol. The fraction of sp³-hybridized carbons (Fsp3) is 0.348. The second-order valence-electron chi connectivity index (χ2n) is 15.2. The number of hydrogen-bond donors (Lipinski definition) is 1. The van der Waals surface area contributed by atoms with E-state index in [9.17, 15) is 4.79 Å². The van der Waals surface area contributed by atoms with E-state index < -0.39 is 30.5 Å². The van der Waals surface area contributed by atoms with Gasteiger partial charge < -0.3 is 33.9 Å². The van der Waals surface area contributed by atoms with Gasteiger partial charge in [0.25, 0.3) is 0 Å². The Hall–Kier alpha value is -4.57. The van der Waals surface area contributed by atoms with Crippen molar-refractivity contribution in [3.8, 4) is 11.5 Å². The number of ether oxygens (including phenoxy) is 5. The van der Waals surface area contributed by atoms with Crippen LogP contribution < -0.4 is 15.2 Å². The Balaban J connectivity index is 1.19. The SMILES string of the molecule is COc1ccc(C(OC[C@@]2(C)OC[C@@](OC)(n3cnc4c(N)ncnc43)[C@H]2OP(SCCSC(=O)c2ccccc2)N2CCCC2)(c2ccccc2)c2ccc(OC)cc2)cc1. The van der Waals surface area contributed by atoms with Crippen LogP contribution in [0.1, 0.15) is 46.8 Å². The Morgan fingerprint density at radius 2 is 1.45 bits per heavy atom. The highest BCUT2D eigenvalue weighted by Gasteiger charge is 2.62. The molecule has 4 aromatic carbocycles. The molecule has 4 atom stereocenters. The Kier molecular flexibility index (Phi) is 13.8. The molecule has 8 rings (SSSR count). The maximum Gasteiger partial charge on any atom is 0.219 e. The minimum atomic E-state index is -1.30. The monoisotopic (exact) mass is 894 g/mol. The van der Waals surface area contributed by atoms with E-state index in [-0.39, 0.29) is 24.1 Å². The Labute approximate surface area is 371 Å². The highest BCUT2D eigenvalue weighted by atomic mass is 32.7. The van der Waals surface area contributed by atoms with Crippen LogP contribution in [0.15, 0.2) is 122 Å². The van der Waals surface area contributed by atoms with E-state index in [1.54, 1.807) is 39.0 Å². The zero-order valence-electron chi connectivity index (χ0n) is 35.2. The molecule has 0 radical (unpaired) electrons. The van der Waals surface area contributed by atoms with Crippen LogP contribution in [-0.2, 0) is 30.1 Å². The summed E-state index contributed by atoms with van der Waals surface area (Å²) in [6, 6.07) is 35.5. The number of methoxy groups -OCH3 is 3. The third-order valence-electron chi connectivity index (χ3n) is 11.5.